The molecule has 1 rings (SSSR count). The predicted molar refractivity (Wildman–Crippen MR) is 35.5 cm³/mol. The van der Waals surface area contributed by atoms with Crippen LogP contribution < -0.4 is 5.73 Å². The highest BCUT2D eigenvalue weighted by atomic mass is 16.5. The van der Waals surface area contributed by atoms with Crippen molar-refractivity contribution in [3.8, 4) is 0 Å². The smallest absolute Gasteiger partial charge is 0.320 e. The van der Waals surface area contributed by atoms with Gasteiger partial charge in [-0.3, -0.25) is 4.79 Å². The molecule has 0 aliphatic heterocycles. The van der Waals surface area contributed by atoms with E-state index in [1.165, 1.54) is 0 Å². The molecule has 0 amide bonds. The minimum Gasteiger partial charge on any atom is -0.480 e. The van der Waals surface area contributed by atoms with Gasteiger partial charge in [-0.1, -0.05) is 0 Å². The van der Waals surface area contributed by atoms with E-state index in [1.807, 2.05) is 0 Å². The number of hydrogen-bond donors (Lipinski definition) is 4. The molecular formula is C6H11NO4. The van der Waals surface area contributed by atoms with E-state index in [2.05, 4.69) is 0 Å². The lowest BCUT2D eigenvalue weighted by Crippen LogP contribution is -2.31. The van der Waals surface area contributed by atoms with E-state index < -0.39 is 17.8 Å². The summed E-state index contributed by atoms with van der Waals surface area (Å²) in [6.07, 6.45) is 0.357. The van der Waals surface area contributed by atoms with E-state index in [0.717, 1.165) is 0 Å². The summed E-state index contributed by atoms with van der Waals surface area (Å²) in [5.74, 6) is -3.13. The van der Waals surface area contributed by atoms with Crippen molar-refractivity contribution in [3.63, 3.8) is 0 Å². The van der Waals surface area contributed by atoms with Crippen LogP contribution in [0.1, 0.15) is 12.8 Å². The van der Waals surface area contributed by atoms with E-state index in [1.54, 1.807) is 0 Å². The molecule has 0 aromatic rings. The van der Waals surface area contributed by atoms with Crippen molar-refractivity contribution in [1.82, 2.24) is 0 Å². The molecule has 5 nitrogen and oxygen atoms in total. The molecule has 0 heterocycles. The van der Waals surface area contributed by atoms with Gasteiger partial charge in [-0.25, -0.2) is 0 Å². The number of carboxylic acid groups (broad SMARTS) is 1. The van der Waals surface area contributed by atoms with Gasteiger partial charge < -0.3 is 21.1 Å². The van der Waals surface area contributed by atoms with Gasteiger partial charge >= 0.3 is 5.97 Å². The molecule has 1 aliphatic rings. The Bertz CT molecular complexity index is 179. The highest BCUT2D eigenvalue weighted by Crippen LogP contribution is 2.43. The van der Waals surface area contributed by atoms with Crippen LogP contribution in [0, 0.1) is 5.92 Å². The highest BCUT2D eigenvalue weighted by molar-refractivity contribution is 5.73. The molecule has 1 saturated carbocycles. The summed E-state index contributed by atoms with van der Waals surface area (Å²) in [5, 5.41) is 26.0. The molecule has 5 heteroatoms. The molecule has 0 aromatic heterocycles. The van der Waals surface area contributed by atoms with Crippen molar-refractivity contribution in [3.05, 3.63) is 0 Å². The second kappa shape index (κ2) is 2.44. The van der Waals surface area contributed by atoms with Crippen LogP contribution in [-0.2, 0) is 4.79 Å². The van der Waals surface area contributed by atoms with Gasteiger partial charge in [0.15, 0.2) is 5.79 Å². The predicted octanol–water partition coefficient (Wildman–Crippen LogP) is -1.51. The molecule has 0 saturated heterocycles. The number of carbonyl (C=O) groups is 1. The molecule has 1 fully saturated rings. The standard InChI is InChI=1S/C6H11NO4/c7-4(5(8)9)1-3-2-6(3,10)11/h3-4,10-11H,1-2,7H2,(H,8,9)/t3?,4-/m0/s1. The van der Waals surface area contributed by atoms with E-state index in [-0.39, 0.29) is 18.8 Å². The first-order chi connectivity index (χ1) is 4.93. The van der Waals surface area contributed by atoms with Crippen molar-refractivity contribution in [1.29, 1.82) is 0 Å². The summed E-state index contributed by atoms with van der Waals surface area (Å²) in [7, 11) is 0. The normalized spacial score (nSPS) is 29.5. The molecule has 1 unspecified atom stereocenters. The number of carboxylic acids is 1. The Morgan fingerprint density at radius 1 is 1.73 bits per heavy atom. The van der Waals surface area contributed by atoms with Crippen LogP contribution in [0.2, 0.25) is 0 Å². The van der Waals surface area contributed by atoms with Crippen LogP contribution in [0.25, 0.3) is 0 Å². The Balaban J connectivity index is 2.29. The number of nitrogens with two attached hydrogens (primary N) is 1. The Morgan fingerprint density at radius 3 is 2.45 bits per heavy atom. The quantitative estimate of drug-likeness (QED) is 0.377. The van der Waals surface area contributed by atoms with Crippen molar-refractivity contribution in [2.75, 3.05) is 0 Å². The molecule has 64 valence electrons. The SMILES string of the molecule is N[C@@H](CC1CC1(O)O)C(=O)O. The second-order valence-corrected chi connectivity index (χ2v) is 2.96. The van der Waals surface area contributed by atoms with Gasteiger partial charge in [0.2, 0.25) is 0 Å². The van der Waals surface area contributed by atoms with Gasteiger partial charge in [0.1, 0.15) is 6.04 Å². The molecule has 0 radical (unpaired) electrons. The molecule has 0 aromatic carbocycles. The summed E-state index contributed by atoms with van der Waals surface area (Å²) in [6.45, 7) is 0. The topological polar surface area (TPSA) is 104 Å². The molecule has 1 aliphatic carbocycles. The van der Waals surface area contributed by atoms with Crippen LogP contribution in [-0.4, -0.2) is 33.1 Å². The molecule has 5 N–H and O–H groups in total. The molecule has 0 spiro atoms. The lowest BCUT2D eigenvalue weighted by molar-refractivity contribution is -0.139. The van der Waals surface area contributed by atoms with E-state index in [0.29, 0.717) is 0 Å². The molecule has 2 atom stereocenters. The van der Waals surface area contributed by atoms with Gasteiger partial charge in [-0.2, -0.15) is 0 Å². The second-order valence-electron chi connectivity index (χ2n) is 2.96. The van der Waals surface area contributed by atoms with Crippen molar-refractivity contribution < 1.29 is 20.1 Å². The maximum absolute atomic E-state index is 10.2. The monoisotopic (exact) mass is 161 g/mol. The molecular weight excluding hydrogens is 150 g/mol. The third-order valence-corrected chi connectivity index (χ3v) is 1.90. The molecule has 11 heavy (non-hydrogen) atoms. The summed E-state index contributed by atoms with van der Waals surface area (Å²) in [4.78, 5) is 10.2. The highest BCUT2D eigenvalue weighted by Gasteiger charge is 2.52. The fourth-order valence-corrected chi connectivity index (χ4v) is 0.983. The minimum absolute atomic E-state index is 0.127. The van der Waals surface area contributed by atoms with Crippen LogP contribution >= 0.6 is 0 Å². The fraction of sp³-hybridized carbons (Fsp3) is 0.833. The fourth-order valence-electron chi connectivity index (χ4n) is 0.983. The minimum atomic E-state index is -1.66. The first kappa shape index (κ1) is 8.45. The zero-order valence-electron chi connectivity index (χ0n) is 5.90. The Labute approximate surface area is 63.4 Å². The zero-order chi connectivity index (χ0) is 8.65. The average molecular weight is 161 g/mol. The van der Waals surface area contributed by atoms with Crippen molar-refractivity contribution in [2.45, 2.75) is 24.7 Å². The Hall–Kier alpha value is -0.650. The average Bonchev–Trinajstić information content (AvgIpc) is 2.39. The summed E-state index contributed by atoms with van der Waals surface area (Å²) >= 11 is 0. The van der Waals surface area contributed by atoms with Crippen molar-refractivity contribution >= 4 is 5.97 Å². The van der Waals surface area contributed by atoms with Crippen LogP contribution in [0.4, 0.5) is 0 Å². The largest absolute Gasteiger partial charge is 0.480 e. The van der Waals surface area contributed by atoms with E-state index >= 15 is 0 Å². The summed E-state index contributed by atoms with van der Waals surface area (Å²) < 4.78 is 0. The summed E-state index contributed by atoms with van der Waals surface area (Å²) in [5.41, 5.74) is 5.16. The maximum atomic E-state index is 10.2. The van der Waals surface area contributed by atoms with Gasteiger partial charge in [0, 0.05) is 12.3 Å². The Morgan fingerprint density at radius 2 is 2.18 bits per heavy atom. The lowest BCUT2D eigenvalue weighted by atomic mass is 10.1. The van der Waals surface area contributed by atoms with Gasteiger partial charge in [0.05, 0.1) is 0 Å². The number of aliphatic hydroxyl groups is 2. The third-order valence-electron chi connectivity index (χ3n) is 1.90. The first-order valence-electron chi connectivity index (χ1n) is 3.36. The van der Waals surface area contributed by atoms with Crippen LogP contribution in [0.3, 0.4) is 0 Å². The number of aliphatic carboxylic acids is 1. The number of hydrogen-bond acceptors (Lipinski definition) is 4. The van der Waals surface area contributed by atoms with E-state index in [4.69, 9.17) is 21.1 Å². The van der Waals surface area contributed by atoms with Crippen LogP contribution in [0.15, 0.2) is 0 Å². The van der Waals surface area contributed by atoms with Gasteiger partial charge in [-0.05, 0) is 6.42 Å². The maximum Gasteiger partial charge on any atom is 0.320 e. The van der Waals surface area contributed by atoms with Crippen LogP contribution in [0.5, 0.6) is 0 Å². The van der Waals surface area contributed by atoms with Gasteiger partial charge in [-0.15, -0.1) is 0 Å². The third kappa shape index (κ3) is 1.89. The first-order valence-corrected chi connectivity index (χ1v) is 3.36. The molecule has 0 bridgehead atoms. The number of rotatable bonds is 3. The zero-order valence-corrected chi connectivity index (χ0v) is 5.90. The van der Waals surface area contributed by atoms with E-state index in [9.17, 15) is 4.79 Å². The lowest BCUT2D eigenvalue weighted by Gasteiger charge is -2.05. The van der Waals surface area contributed by atoms with Gasteiger partial charge in [0.25, 0.3) is 0 Å². The Kier molecular flexibility index (Phi) is 1.87. The summed E-state index contributed by atoms with van der Waals surface area (Å²) in [6, 6.07) is -0.985. The van der Waals surface area contributed by atoms with Crippen molar-refractivity contribution in [2.24, 2.45) is 11.7 Å².